The van der Waals surface area contributed by atoms with Crippen LogP contribution in [0.25, 0.3) is 0 Å². The standard InChI is InChI=1S/C13H12N2O4S2/c1-8-4-6-21-11(8)13(18)19-7-10(16)14-15-12(17)9-3-2-5-20-9/h2-6H,7H2,1H3,(H,14,16)(H,15,17). The molecule has 0 aliphatic carbocycles. The Balaban J connectivity index is 1.74. The lowest BCUT2D eigenvalue weighted by Gasteiger charge is -2.07. The zero-order chi connectivity index (χ0) is 15.2. The number of hydrazine groups is 1. The van der Waals surface area contributed by atoms with Gasteiger partial charge in [0.05, 0.1) is 4.88 Å². The lowest BCUT2D eigenvalue weighted by molar-refractivity contribution is -0.125. The van der Waals surface area contributed by atoms with E-state index in [4.69, 9.17) is 4.74 Å². The van der Waals surface area contributed by atoms with E-state index in [-0.39, 0.29) is 0 Å². The van der Waals surface area contributed by atoms with E-state index in [2.05, 4.69) is 10.9 Å². The van der Waals surface area contributed by atoms with Crippen LogP contribution in [-0.2, 0) is 9.53 Å². The molecule has 110 valence electrons. The second-order valence-electron chi connectivity index (χ2n) is 3.99. The predicted molar refractivity (Wildman–Crippen MR) is 79.3 cm³/mol. The molecule has 0 aliphatic heterocycles. The molecule has 21 heavy (non-hydrogen) atoms. The van der Waals surface area contributed by atoms with Crippen molar-refractivity contribution < 1.29 is 19.1 Å². The van der Waals surface area contributed by atoms with Crippen LogP contribution >= 0.6 is 22.7 Å². The van der Waals surface area contributed by atoms with Crippen molar-refractivity contribution in [3.63, 3.8) is 0 Å². The minimum Gasteiger partial charge on any atom is -0.451 e. The Kier molecular flexibility index (Phi) is 5.07. The Morgan fingerprint density at radius 1 is 1.14 bits per heavy atom. The fraction of sp³-hybridized carbons (Fsp3) is 0.154. The highest BCUT2D eigenvalue weighted by atomic mass is 32.1. The average molecular weight is 324 g/mol. The molecular formula is C13H12N2O4S2. The fourth-order valence-electron chi connectivity index (χ4n) is 1.41. The van der Waals surface area contributed by atoms with Crippen LogP contribution in [-0.4, -0.2) is 24.4 Å². The molecule has 0 saturated carbocycles. The third-order valence-corrected chi connectivity index (χ3v) is 4.31. The molecule has 0 atom stereocenters. The van der Waals surface area contributed by atoms with Gasteiger partial charge in [-0.25, -0.2) is 4.79 Å². The van der Waals surface area contributed by atoms with Crippen molar-refractivity contribution in [2.45, 2.75) is 6.92 Å². The van der Waals surface area contributed by atoms with Gasteiger partial charge in [-0.3, -0.25) is 20.4 Å². The van der Waals surface area contributed by atoms with Gasteiger partial charge in [0.1, 0.15) is 4.88 Å². The van der Waals surface area contributed by atoms with Gasteiger partial charge in [-0.1, -0.05) is 6.07 Å². The first-order chi connectivity index (χ1) is 10.1. The monoisotopic (exact) mass is 324 g/mol. The first-order valence-electron chi connectivity index (χ1n) is 5.92. The lowest BCUT2D eigenvalue weighted by atomic mass is 10.3. The Morgan fingerprint density at radius 3 is 2.57 bits per heavy atom. The van der Waals surface area contributed by atoms with Gasteiger partial charge in [-0.15, -0.1) is 22.7 Å². The summed E-state index contributed by atoms with van der Waals surface area (Å²) in [6.45, 7) is 1.33. The Bertz CT molecular complexity index is 649. The summed E-state index contributed by atoms with van der Waals surface area (Å²) in [6.07, 6.45) is 0. The second kappa shape index (κ2) is 7.00. The molecule has 0 radical (unpaired) electrons. The second-order valence-corrected chi connectivity index (χ2v) is 5.85. The largest absolute Gasteiger partial charge is 0.451 e. The summed E-state index contributed by atoms with van der Waals surface area (Å²) in [4.78, 5) is 35.7. The molecule has 2 rings (SSSR count). The van der Waals surface area contributed by atoms with Crippen LogP contribution in [0.3, 0.4) is 0 Å². The van der Waals surface area contributed by atoms with Gasteiger partial charge in [0, 0.05) is 0 Å². The maximum absolute atomic E-state index is 11.7. The Labute approximate surface area is 128 Å². The highest BCUT2D eigenvalue weighted by Gasteiger charge is 2.14. The Morgan fingerprint density at radius 2 is 1.95 bits per heavy atom. The summed E-state index contributed by atoms with van der Waals surface area (Å²) < 4.78 is 4.86. The highest BCUT2D eigenvalue weighted by molar-refractivity contribution is 7.12. The van der Waals surface area contributed by atoms with E-state index in [1.54, 1.807) is 35.9 Å². The minimum absolute atomic E-state index is 0.418. The summed E-state index contributed by atoms with van der Waals surface area (Å²) in [5, 5.41) is 3.52. The van der Waals surface area contributed by atoms with E-state index < -0.39 is 24.4 Å². The summed E-state index contributed by atoms with van der Waals surface area (Å²) in [7, 11) is 0. The van der Waals surface area contributed by atoms with Gasteiger partial charge in [0.15, 0.2) is 6.61 Å². The lowest BCUT2D eigenvalue weighted by Crippen LogP contribution is -2.43. The number of thiophene rings is 2. The third kappa shape index (κ3) is 4.14. The molecule has 2 amide bonds. The van der Waals surface area contributed by atoms with Crippen molar-refractivity contribution in [3.05, 3.63) is 44.3 Å². The van der Waals surface area contributed by atoms with Crippen LogP contribution in [0.5, 0.6) is 0 Å². The number of hydrogen-bond acceptors (Lipinski definition) is 6. The SMILES string of the molecule is Cc1ccsc1C(=O)OCC(=O)NNC(=O)c1cccs1. The van der Waals surface area contributed by atoms with Crippen molar-refractivity contribution in [1.29, 1.82) is 0 Å². The molecule has 0 unspecified atom stereocenters. The van der Waals surface area contributed by atoms with E-state index >= 15 is 0 Å². The number of ether oxygens (including phenoxy) is 1. The van der Waals surface area contributed by atoms with Crippen LogP contribution in [0.2, 0.25) is 0 Å². The van der Waals surface area contributed by atoms with Crippen molar-refractivity contribution in [2.24, 2.45) is 0 Å². The van der Waals surface area contributed by atoms with E-state index in [1.165, 1.54) is 22.7 Å². The van der Waals surface area contributed by atoms with Crippen LogP contribution in [0.15, 0.2) is 29.0 Å². The number of amides is 2. The molecule has 2 aromatic heterocycles. The number of nitrogens with one attached hydrogen (secondary N) is 2. The Hall–Kier alpha value is -2.19. The van der Waals surface area contributed by atoms with Crippen molar-refractivity contribution in [2.75, 3.05) is 6.61 Å². The number of hydrogen-bond donors (Lipinski definition) is 2. The molecule has 0 saturated heterocycles. The van der Waals surface area contributed by atoms with Gasteiger partial charge in [0.2, 0.25) is 0 Å². The van der Waals surface area contributed by atoms with Gasteiger partial charge < -0.3 is 4.74 Å². The van der Waals surface area contributed by atoms with Gasteiger partial charge in [-0.05, 0) is 35.4 Å². The zero-order valence-corrected chi connectivity index (χ0v) is 12.7. The van der Waals surface area contributed by atoms with Crippen molar-refractivity contribution in [1.82, 2.24) is 10.9 Å². The molecule has 0 bridgehead atoms. The smallest absolute Gasteiger partial charge is 0.349 e. The number of carbonyl (C=O) groups is 3. The molecular weight excluding hydrogens is 312 g/mol. The van der Waals surface area contributed by atoms with Crippen molar-refractivity contribution >= 4 is 40.5 Å². The fourth-order valence-corrected chi connectivity index (χ4v) is 2.85. The maximum Gasteiger partial charge on any atom is 0.349 e. The van der Waals surface area contributed by atoms with Crippen LogP contribution in [0.4, 0.5) is 0 Å². The molecule has 0 fully saturated rings. The van der Waals surface area contributed by atoms with Gasteiger partial charge in [-0.2, -0.15) is 0 Å². The number of esters is 1. The molecule has 6 nitrogen and oxygen atoms in total. The molecule has 2 heterocycles. The topological polar surface area (TPSA) is 84.5 Å². The maximum atomic E-state index is 11.7. The van der Waals surface area contributed by atoms with Crippen molar-refractivity contribution in [3.8, 4) is 0 Å². The summed E-state index contributed by atoms with van der Waals surface area (Å²) >= 11 is 2.50. The normalized spacial score (nSPS) is 9.95. The first kappa shape index (κ1) is 15.2. The van der Waals surface area contributed by atoms with Gasteiger partial charge >= 0.3 is 5.97 Å². The molecule has 0 aromatic carbocycles. The number of aryl methyl sites for hydroxylation is 1. The molecule has 0 aliphatic rings. The van der Waals surface area contributed by atoms with Gasteiger partial charge in [0.25, 0.3) is 11.8 Å². The molecule has 0 spiro atoms. The quantitative estimate of drug-likeness (QED) is 0.663. The molecule has 2 aromatic rings. The first-order valence-corrected chi connectivity index (χ1v) is 7.68. The van der Waals surface area contributed by atoms with E-state index in [0.717, 1.165) is 5.56 Å². The minimum atomic E-state index is -0.609. The van der Waals surface area contributed by atoms with Crippen LogP contribution in [0.1, 0.15) is 24.9 Å². The highest BCUT2D eigenvalue weighted by Crippen LogP contribution is 2.16. The average Bonchev–Trinajstić information content (AvgIpc) is 3.13. The summed E-state index contributed by atoms with van der Waals surface area (Å²) in [5.74, 6) is -1.58. The zero-order valence-electron chi connectivity index (χ0n) is 11.0. The van der Waals surface area contributed by atoms with E-state index in [1.807, 2.05) is 0 Å². The predicted octanol–water partition coefficient (Wildman–Crippen LogP) is 1.74. The van der Waals surface area contributed by atoms with Crippen LogP contribution < -0.4 is 10.9 Å². The summed E-state index contributed by atoms with van der Waals surface area (Å²) in [6, 6.07) is 5.15. The molecule has 8 heteroatoms. The van der Waals surface area contributed by atoms with E-state index in [9.17, 15) is 14.4 Å². The third-order valence-electron chi connectivity index (χ3n) is 2.44. The molecule has 2 N–H and O–H groups in total. The summed E-state index contributed by atoms with van der Waals surface area (Å²) in [5.41, 5.74) is 5.22. The van der Waals surface area contributed by atoms with E-state index in [0.29, 0.717) is 9.75 Å². The number of rotatable bonds is 4. The number of carbonyl (C=O) groups excluding carboxylic acids is 3. The van der Waals surface area contributed by atoms with Crippen LogP contribution in [0, 0.1) is 6.92 Å².